The van der Waals surface area contributed by atoms with Crippen LogP contribution in [0.15, 0.2) is 22.8 Å². The maximum Gasteiger partial charge on any atom is 0.222 e. The van der Waals surface area contributed by atoms with Crippen LogP contribution in [-0.2, 0) is 0 Å². The molecule has 7 heteroatoms. The van der Waals surface area contributed by atoms with Crippen LogP contribution in [0.5, 0.6) is 0 Å². The number of aromatic nitrogens is 4. The molecule has 106 valence electrons. The molecule has 0 spiro atoms. The first-order chi connectivity index (χ1) is 9.65. The summed E-state index contributed by atoms with van der Waals surface area (Å²) < 4.78 is 3.11. The lowest BCUT2D eigenvalue weighted by Gasteiger charge is -2.33. The highest BCUT2D eigenvalue weighted by molar-refractivity contribution is 9.10. The van der Waals surface area contributed by atoms with E-state index >= 15 is 0 Å². The molecule has 1 aliphatic heterocycles. The Hall–Kier alpha value is -1.63. The Morgan fingerprint density at radius 2 is 2.05 bits per heavy atom. The number of nitrogens with zero attached hydrogens (tertiary/aromatic N) is 5. The van der Waals surface area contributed by atoms with Crippen molar-refractivity contribution in [1.29, 1.82) is 0 Å². The number of aryl methyl sites for hydroxylation is 1. The summed E-state index contributed by atoms with van der Waals surface area (Å²) in [4.78, 5) is 6.73. The van der Waals surface area contributed by atoms with Gasteiger partial charge in [-0.1, -0.05) is 15.9 Å². The number of anilines is 2. The van der Waals surface area contributed by atoms with Crippen LogP contribution >= 0.6 is 15.9 Å². The summed E-state index contributed by atoms with van der Waals surface area (Å²) in [6, 6.07) is 4.38. The monoisotopic (exact) mass is 336 g/mol. The van der Waals surface area contributed by atoms with E-state index in [-0.39, 0.29) is 0 Å². The number of hydrogen-bond donors (Lipinski definition) is 1. The summed E-state index contributed by atoms with van der Waals surface area (Å²) >= 11 is 3.49. The summed E-state index contributed by atoms with van der Waals surface area (Å²) in [7, 11) is 0. The molecule has 0 unspecified atom stereocenters. The smallest absolute Gasteiger partial charge is 0.222 e. The van der Waals surface area contributed by atoms with E-state index in [1.165, 1.54) is 0 Å². The summed E-state index contributed by atoms with van der Waals surface area (Å²) in [6.07, 6.45) is 3.88. The molecule has 1 saturated heterocycles. The van der Waals surface area contributed by atoms with Gasteiger partial charge in [-0.25, -0.2) is 4.98 Å². The molecule has 0 amide bonds. The van der Waals surface area contributed by atoms with Crippen molar-refractivity contribution in [3.8, 4) is 0 Å². The third-order valence-electron chi connectivity index (χ3n) is 3.75. The van der Waals surface area contributed by atoms with Crippen molar-refractivity contribution in [3.05, 3.63) is 28.6 Å². The molecule has 2 N–H and O–H groups in total. The van der Waals surface area contributed by atoms with Crippen molar-refractivity contribution in [2.24, 2.45) is 0 Å². The van der Waals surface area contributed by atoms with E-state index in [4.69, 9.17) is 5.73 Å². The fraction of sp³-hybridized carbons (Fsp3) is 0.462. The van der Waals surface area contributed by atoms with Gasteiger partial charge in [-0.3, -0.25) is 4.57 Å². The number of nitrogen functional groups attached to an aromatic ring is 1. The Bertz CT molecular complexity index is 583. The minimum atomic E-state index is 0.383. The average molecular weight is 337 g/mol. The lowest BCUT2D eigenvalue weighted by Crippen LogP contribution is -2.35. The van der Waals surface area contributed by atoms with Crippen molar-refractivity contribution in [3.63, 3.8) is 0 Å². The van der Waals surface area contributed by atoms with E-state index in [9.17, 15) is 0 Å². The number of rotatable bonds is 2. The van der Waals surface area contributed by atoms with Crippen LogP contribution in [0.3, 0.4) is 0 Å². The van der Waals surface area contributed by atoms with E-state index in [0.29, 0.717) is 12.0 Å². The highest BCUT2D eigenvalue weighted by atomic mass is 79.9. The van der Waals surface area contributed by atoms with Crippen molar-refractivity contribution < 1.29 is 0 Å². The molecule has 0 saturated carbocycles. The van der Waals surface area contributed by atoms with Crippen LogP contribution in [0.4, 0.5) is 11.8 Å². The standard InChI is InChI=1S/C13H17BrN6/c1-9-17-18-13(15)20(9)11-3-6-19(7-4-11)12-8-10(14)2-5-16-12/h2,5,8,11H,3-4,6-7H2,1H3,(H2,15,18). The van der Waals surface area contributed by atoms with Crippen LogP contribution in [0.1, 0.15) is 24.7 Å². The lowest BCUT2D eigenvalue weighted by atomic mass is 10.0. The minimum absolute atomic E-state index is 0.383. The van der Waals surface area contributed by atoms with Crippen molar-refractivity contribution in [1.82, 2.24) is 19.7 Å². The second-order valence-electron chi connectivity index (χ2n) is 5.03. The van der Waals surface area contributed by atoms with Gasteiger partial charge in [-0.05, 0) is 31.9 Å². The summed E-state index contributed by atoms with van der Waals surface area (Å²) in [5.41, 5.74) is 5.90. The number of piperidine rings is 1. The van der Waals surface area contributed by atoms with Gasteiger partial charge in [0.2, 0.25) is 5.95 Å². The SMILES string of the molecule is Cc1nnc(N)n1C1CCN(c2cc(Br)ccn2)CC1. The molecule has 2 aromatic rings. The predicted molar refractivity (Wildman–Crippen MR) is 81.6 cm³/mol. The summed E-state index contributed by atoms with van der Waals surface area (Å²) in [5, 5.41) is 7.97. The van der Waals surface area contributed by atoms with Gasteiger partial charge in [-0.15, -0.1) is 10.2 Å². The average Bonchev–Trinajstić information content (AvgIpc) is 2.78. The number of halogens is 1. The lowest BCUT2D eigenvalue weighted by molar-refractivity contribution is 0.392. The van der Waals surface area contributed by atoms with Crippen molar-refractivity contribution >= 4 is 27.7 Å². The Balaban J connectivity index is 1.71. The third-order valence-corrected chi connectivity index (χ3v) is 4.25. The molecule has 0 atom stereocenters. The van der Waals surface area contributed by atoms with Crippen LogP contribution < -0.4 is 10.6 Å². The van der Waals surface area contributed by atoms with Crippen LogP contribution in [-0.4, -0.2) is 32.8 Å². The second-order valence-corrected chi connectivity index (χ2v) is 5.94. The van der Waals surface area contributed by atoms with Gasteiger partial charge in [0.15, 0.2) is 0 Å². The first kappa shape index (κ1) is 13.4. The van der Waals surface area contributed by atoms with Gasteiger partial charge in [-0.2, -0.15) is 0 Å². The molecule has 1 fully saturated rings. The van der Waals surface area contributed by atoms with Gasteiger partial charge < -0.3 is 10.6 Å². The fourth-order valence-corrected chi connectivity index (χ4v) is 3.08. The summed E-state index contributed by atoms with van der Waals surface area (Å²) in [5.74, 6) is 2.43. The van der Waals surface area contributed by atoms with Crippen LogP contribution in [0.2, 0.25) is 0 Å². The molecule has 0 radical (unpaired) electrons. The van der Waals surface area contributed by atoms with Gasteiger partial charge >= 0.3 is 0 Å². The molecule has 0 aromatic carbocycles. The topological polar surface area (TPSA) is 72.9 Å². The Kier molecular flexibility index (Phi) is 3.60. The molecule has 2 aromatic heterocycles. The largest absolute Gasteiger partial charge is 0.368 e. The number of nitrogens with two attached hydrogens (primary N) is 1. The first-order valence-corrected chi connectivity index (χ1v) is 7.48. The molecular formula is C13H17BrN6. The molecule has 0 bridgehead atoms. The van der Waals surface area contributed by atoms with Crippen molar-refractivity contribution in [2.75, 3.05) is 23.7 Å². The normalized spacial score (nSPS) is 16.6. The predicted octanol–water partition coefficient (Wildman–Crippen LogP) is 2.17. The maximum atomic E-state index is 5.90. The number of hydrogen-bond acceptors (Lipinski definition) is 5. The quantitative estimate of drug-likeness (QED) is 0.909. The van der Waals surface area contributed by atoms with E-state index < -0.39 is 0 Å². The Morgan fingerprint density at radius 1 is 1.30 bits per heavy atom. The highest BCUT2D eigenvalue weighted by Crippen LogP contribution is 2.28. The van der Waals surface area contributed by atoms with Crippen molar-refractivity contribution in [2.45, 2.75) is 25.8 Å². The van der Waals surface area contributed by atoms with Gasteiger partial charge in [0.25, 0.3) is 0 Å². The van der Waals surface area contributed by atoms with E-state index in [1.54, 1.807) is 0 Å². The zero-order valence-corrected chi connectivity index (χ0v) is 12.9. The molecule has 20 heavy (non-hydrogen) atoms. The second kappa shape index (κ2) is 5.40. The van der Waals surface area contributed by atoms with E-state index in [1.807, 2.05) is 23.8 Å². The summed E-state index contributed by atoms with van der Waals surface area (Å²) in [6.45, 7) is 3.88. The van der Waals surface area contributed by atoms with E-state index in [0.717, 1.165) is 42.0 Å². The maximum absolute atomic E-state index is 5.90. The third kappa shape index (κ3) is 2.49. The molecule has 3 heterocycles. The van der Waals surface area contributed by atoms with E-state index in [2.05, 4.69) is 42.1 Å². The Morgan fingerprint density at radius 3 is 2.65 bits per heavy atom. The van der Waals surface area contributed by atoms with Gasteiger partial charge in [0.1, 0.15) is 11.6 Å². The van der Waals surface area contributed by atoms with Crippen LogP contribution in [0, 0.1) is 6.92 Å². The van der Waals surface area contributed by atoms with Crippen LogP contribution in [0.25, 0.3) is 0 Å². The molecular weight excluding hydrogens is 320 g/mol. The van der Waals surface area contributed by atoms with Gasteiger partial charge in [0, 0.05) is 29.8 Å². The highest BCUT2D eigenvalue weighted by Gasteiger charge is 2.24. The van der Waals surface area contributed by atoms with Gasteiger partial charge in [0.05, 0.1) is 0 Å². The Labute approximate surface area is 126 Å². The molecule has 6 nitrogen and oxygen atoms in total. The minimum Gasteiger partial charge on any atom is -0.368 e. The zero-order valence-electron chi connectivity index (χ0n) is 11.3. The molecule has 1 aliphatic rings. The zero-order chi connectivity index (χ0) is 14.1. The molecule has 3 rings (SSSR count). The molecule has 0 aliphatic carbocycles. The number of pyridine rings is 1. The fourth-order valence-electron chi connectivity index (χ4n) is 2.76. The first-order valence-electron chi connectivity index (χ1n) is 6.68.